The standard InChI is InChI=1S/C35H33FN2O3S/c1-3-4-21-41-30-19-15-27(16-20-30)24(2)37-34(39)28-13-9-25(10-14-28)22-33-35(40)38(23-26-11-17-29(36)18-12-26)31-7-5-6-8-32(31)42-33/h5-20,22,24H,3-4,21,23H2,1-2H3,(H,37,39)/b33-22-. The van der Waals surface area contributed by atoms with Crippen molar-refractivity contribution in [1.82, 2.24) is 5.32 Å². The van der Waals surface area contributed by atoms with Crippen LogP contribution in [0.4, 0.5) is 10.1 Å². The largest absolute Gasteiger partial charge is 0.494 e. The second-order valence-electron chi connectivity index (χ2n) is 10.2. The maximum absolute atomic E-state index is 13.6. The molecule has 0 saturated carbocycles. The van der Waals surface area contributed by atoms with Crippen LogP contribution in [0.1, 0.15) is 59.8 Å². The van der Waals surface area contributed by atoms with Crippen LogP contribution in [0.5, 0.6) is 5.75 Å². The Morgan fingerprint density at radius 3 is 2.40 bits per heavy atom. The Balaban J connectivity index is 1.26. The predicted molar refractivity (Wildman–Crippen MR) is 167 cm³/mol. The maximum atomic E-state index is 13.6. The van der Waals surface area contributed by atoms with Crippen LogP contribution < -0.4 is 15.0 Å². The molecule has 0 fully saturated rings. The van der Waals surface area contributed by atoms with E-state index in [2.05, 4.69) is 12.2 Å². The molecule has 0 aromatic heterocycles. The Bertz CT molecular complexity index is 1570. The van der Waals surface area contributed by atoms with Crippen molar-refractivity contribution in [2.75, 3.05) is 11.5 Å². The summed E-state index contributed by atoms with van der Waals surface area (Å²) in [5.74, 6) is 0.217. The molecule has 0 aliphatic carbocycles. The summed E-state index contributed by atoms with van der Waals surface area (Å²) in [6, 6.07) is 28.8. The van der Waals surface area contributed by atoms with Crippen LogP contribution in [-0.2, 0) is 11.3 Å². The van der Waals surface area contributed by atoms with E-state index in [1.165, 1.54) is 23.9 Å². The lowest BCUT2D eigenvalue weighted by Crippen LogP contribution is -2.33. The van der Waals surface area contributed by atoms with Gasteiger partial charge in [0.2, 0.25) is 0 Å². The van der Waals surface area contributed by atoms with Gasteiger partial charge in [-0.15, -0.1) is 0 Å². The number of unbranched alkanes of at least 4 members (excludes halogenated alkanes) is 1. The molecule has 0 spiro atoms. The van der Waals surface area contributed by atoms with E-state index in [0.717, 1.165) is 45.9 Å². The number of thioether (sulfide) groups is 1. The highest BCUT2D eigenvalue weighted by atomic mass is 32.2. The van der Waals surface area contributed by atoms with Crippen molar-refractivity contribution in [3.63, 3.8) is 0 Å². The summed E-state index contributed by atoms with van der Waals surface area (Å²) >= 11 is 1.42. The van der Waals surface area contributed by atoms with Gasteiger partial charge >= 0.3 is 0 Å². The third-order valence-electron chi connectivity index (χ3n) is 7.05. The van der Waals surface area contributed by atoms with Gasteiger partial charge in [0.1, 0.15) is 11.6 Å². The van der Waals surface area contributed by atoms with Crippen LogP contribution >= 0.6 is 11.8 Å². The lowest BCUT2D eigenvalue weighted by molar-refractivity contribution is -0.114. The van der Waals surface area contributed by atoms with Gasteiger partial charge in [-0.25, -0.2) is 4.39 Å². The first-order chi connectivity index (χ1) is 20.4. The number of benzene rings is 4. The molecule has 0 bridgehead atoms. The quantitative estimate of drug-likeness (QED) is 0.152. The predicted octanol–water partition coefficient (Wildman–Crippen LogP) is 8.18. The number of hydrogen-bond acceptors (Lipinski definition) is 4. The molecule has 42 heavy (non-hydrogen) atoms. The molecule has 4 aromatic carbocycles. The van der Waals surface area contributed by atoms with Gasteiger partial charge in [0.25, 0.3) is 11.8 Å². The summed E-state index contributed by atoms with van der Waals surface area (Å²) in [5, 5.41) is 3.05. The van der Waals surface area contributed by atoms with Crippen LogP contribution in [0, 0.1) is 5.82 Å². The molecule has 214 valence electrons. The molecule has 2 amide bonds. The number of carbonyl (C=O) groups is 2. The second kappa shape index (κ2) is 13.5. The summed E-state index contributed by atoms with van der Waals surface area (Å²) in [6.07, 6.45) is 3.95. The lowest BCUT2D eigenvalue weighted by Gasteiger charge is -2.30. The van der Waals surface area contributed by atoms with E-state index < -0.39 is 0 Å². The van der Waals surface area contributed by atoms with Crippen LogP contribution in [-0.4, -0.2) is 18.4 Å². The summed E-state index contributed by atoms with van der Waals surface area (Å²) in [7, 11) is 0. The number of hydrogen-bond donors (Lipinski definition) is 1. The molecule has 0 saturated heterocycles. The van der Waals surface area contributed by atoms with Crippen molar-refractivity contribution < 1.29 is 18.7 Å². The highest BCUT2D eigenvalue weighted by Crippen LogP contribution is 2.42. The van der Waals surface area contributed by atoms with E-state index in [0.29, 0.717) is 23.6 Å². The van der Waals surface area contributed by atoms with Crippen molar-refractivity contribution in [2.24, 2.45) is 0 Å². The molecule has 1 aliphatic heterocycles. The van der Waals surface area contributed by atoms with Crippen molar-refractivity contribution in [1.29, 1.82) is 0 Å². The minimum atomic E-state index is -0.311. The zero-order chi connectivity index (χ0) is 29.5. The fourth-order valence-electron chi connectivity index (χ4n) is 4.62. The number of fused-ring (bicyclic) bond motifs is 1. The van der Waals surface area contributed by atoms with Gasteiger partial charge in [-0.1, -0.05) is 73.6 Å². The van der Waals surface area contributed by atoms with Crippen molar-refractivity contribution in [3.05, 3.63) is 130 Å². The first kappa shape index (κ1) is 29.1. The first-order valence-corrected chi connectivity index (χ1v) is 14.9. The Hall–Kier alpha value is -4.36. The van der Waals surface area contributed by atoms with Gasteiger partial charge in [0.15, 0.2) is 0 Å². The molecule has 1 atom stereocenters. The van der Waals surface area contributed by atoms with E-state index in [4.69, 9.17) is 4.74 Å². The smallest absolute Gasteiger partial charge is 0.265 e. The molecule has 1 heterocycles. The molecule has 1 aliphatic rings. The van der Waals surface area contributed by atoms with Crippen molar-refractivity contribution in [3.8, 4) is 5.75 Å². The van der Waals surface area contributed by atoms with Gasteiger partial charge in [-0.2, -0.15) is 0 Å². The Morgan fingerprint density at radius 1 is 0.976 bits per heavy atom. The molecular formula is C35H33FN2O3S. The normalized spacial score (nSPS) is 14.4. The molecule has 1 unspecified atom stereocenters. The topological polar surface area (TPSA) is 58.6 Å². The highest BCUT2D eigenvalue weighted by molar-refractivity contribution is 8.04. The molecule has 7 heteroatoms. The number of nitrogens with zero attached hydrogens (tertiary/aromatic N) is 1. The third kappa shape index (κ3) is 7.09. The Labute approximate surface area is 250 Å². The highest BCUT2D eigenvalue weighted by Gasteiger charge is 2.29. The van der Waals surface area contributed by atoms with E-state index in [1.54, 1.807) is 29.2 Å². The van der Waals surface area contributed by atoms with E-state index >= 15 is 0 Å². The minimum Gasteiger partial charge on any atom is -0.494 e. The molecular weight excluding hydrogens is 547 g/mol. The van der Waals surface area contributed by atoms with Crippen LogP contribution in [0.2, 0.25) is 0 Å². The van der Waals surface area contributed by atoms with E-state index in [9.17, 15) is 14.0 Å². The fraction of sp³-hybridized carbons (Fsp3) is 0.200. The van der Waals surface area contributed by atoms with Gasteiger partial charge in [0.05, 0.1) is 29.8 Å². The molecule has 1 N–H and O–H groups in total. The van der Waals surface area contributed by atoms with Gasteiger partial charge in [-0.3, -0.25) is 9.59 Å². The average molecular weight is 581 g/mol. The Morgan fingerprint density at radius 2 is 1.69 bits per heavy atom. The van der Waals surface area contributed by atoms with E-state index in [-0.39, 0.29) is 23.7 Å². The molecule has 4 aromatic rings. The first-order valence-electron chi connectivity index (χ1n) is 14.1. The van der Waals surface area contributed by atoms with Gasteiger partial charge in [0, 0.05) is 10.5 Å². The van der Waals surface area contributed by atoms with Crippen molar-refractivity contribution in [2.45, 2.75) is 44.2 Å². The number of ether oxygens (including phenoxy) is 1. The summed E-state index contributed by atoms with van der Waals surface area (Å²) in [6.45, 7) is 5.11. The summed E-state index contributed by atoms with van der Waals surface area (Å²) in [5.41, 5.74) is 4.01. The van der Waals surface area contributed by atoms with Crippen LogP contribution in [0.25, 0.3) is 6.08 Å². The van der Waals surface area contributed by atoms with E-state index in [1.807, 2.05) is 73.7 Å². The monoisotopic (exact) mass is 580 g/mol. The fourth-order valence-corrected chi connectivity index (χ4v) is 5.68. The second-order valence-corrected chi connectivity index (χ2v) is 11.3. The molecule has 0 radical (unpaired) electrons. The molecule has 5 rings (SSSR count). The zero-order valence-corrected chi connectivity index (χ0v) is 24.5. The number of rotatable bonds is 10. The van der Waals surface area contributed by atoms with Gasteiger partial charge < -0.3 is 15.0 Å². The zero-order valence-electron chi connectivity index (χ0n) is 23.7. The Kier molecular flexibility index (Phi) is 9.39. The summed E-state index contributed by atoms with van der Waals surface area (Å²) in [4.78, 5) is 29.8. The van der Waals surface area contributed by atoms with Crippen LogP contribution in [0.3, 0.4) is 0 Å². The number of anilines is 1. The number of carbonyl (C=O) groups excluding carboxylic acids is 2. The third-order valence-corrected chi connectivity index (χ3v) is 8.13. The lowest BCUT2D eigenvalue weighted by atomic mass is 10.1. The maximum Gasteiger partial charge on any atom is 0.265 e. The van der Waals surface area contributed by atoms with Crippen LogP contribution in [0.15, 0.2) is 107 Å². The number of halogens is 1. The number of amides is 2. The number of para-hydroxylation sites is 1. The SMILES string of the molecule is CCCCOc1ccc(C(C)NC(=O)c2ccc(/C=C3\Sc4ccccc4N(Cc4ccc(F)cc4)C3=O)cc2)cc1. The molecule has 5 nitrogen and oxygen atoms in total. The van der Waals surface area contributed by atoms with Gasteiger partial charge in [-0.05, 0) is 84.6 Å². The number of nitrogens with one attached hydrogen (secondary N) is 1. The van der Waals surface area contributed by atoms with Crippen molar-refractivity contribution >= 4 is 35.3 Å². The summed E-state index contributed by atoms with van der Waals surface area (Å²) < 4.78 is 19.2. The average Bonchev–Trinajstić information content (AvgIpc) is 3.01. The minimum absolute atomic E-state index is 0.125.